The van der Waals surface area contributed by atoms with E-state index in [0.717, 1.165) is 19.5 Å². The van der Waals surface area contributed by atoms with Gasteiger partial charge in [-0.05, 0) is 12.3 Å². The summed E-state index contributed by atoms with van der Waals surface area (Å²) in [7, 11) is 0. The van der Waals surface area contributed by atoms with E-state index < -0.39 is 0 Å². The Balaban J connectivity index is 2.49. The van der Waals surface area contributed by atoms with Gasteiger partial charge in [0.15, 0.2) is 0 Å². The average Bonchev–Trinajstić information content (AvgIpc) is 1.85. The van der Waals surface area contributed by atoms with Crippen LogP contribution in [0, 0.1) is 5.92 Å². The van der Waals surface area contributed by atoms with Gasteiger partial charge >= 0.3 is 0 Å². The van der Waals surface area contributed by atoms with E-state index in [1.807, 2.05) is 4.90 Å². The summed E-state index contributed by atoms with van der Waals surface area (Å²) in [5.41, 5.74) is 0. The summed E-state index contributed by atoms with van der Waals surface area (Å²) in [6.45, 7) is 5.33. The Hall–Kier alpha value is -0.240. The first-order valence-corrected chi connectivity index (χ1v) is 4.43. The molecule has 2 nitrogen and oxygen atoms in total. The maximum atomic E-state index is 11.0. The quantitative estimate of drug-likeness (QED) is 0.511. The summed E-state index contributed by atoms with van der Waals surface area (Å²) in [5, 5.41) is 0.155. The summed E-state index contributed by atoms with van der Waals surface area (Å²) in [6, 6.07) is 0. The van der Waals surface area contributed by atoms with Crippen LogP contribution in [-0.2, 0) is 4.79 Å². The van der Waals surface area contributed by atoms with E-state index in [-0.39, 0.29) is 11.3 Å². The third kappa shape index (κ3) is 2.37. The molecule has 1 fully saturated rings. The van der Waals surface area contributed by atoms with Gasteiger partial charge in [-0.1, -0.05) is 6.92 Å². The molecule has 0 aliphatic carbocycles. The molecule has 1 saturated heterocycles. The van der Waals surface area contributed by atoms with Crippen molar-refractivity contribution in [1.82, 2.24) is 4.90 Å². The van der Waals surface area contributed by atoms with Crippen molar-refractivity contribution in [3.05, 3.63) is 0 Å². The summed E-state index contributed by atoms with van der Waals surface area (Å²) in [4.78, 5) is 12.8. The van der Waals surface area contributed by atoms with Crippen molar-refractivity contribution in [1.29, 1.82) is 0 Å². The molecule has 0 aromatic carbocycles. The predicted octanol–water partition coefficient (Wildman–Crippen LogP) is 1.48. The molecule has 0 aromatic heterocycles. The molecule has 1 aliphatic heterocycles. The van der Waals surface area contributed by atoms with Gasteiger partial charge in [0.2, 0.25) is 5.91 Å². The van der Waals surface area contributed by atoms with Crippen LogP contribution in [0.4, 0.5) is 0 Å². The predicted molar refractivity (Wildman–Crippen MR) is 45.7 cm³/mol. The number of rotatable bonds is 0. The Bertz CT molecular complexity index is 150. The van der Waals surface area contributed by atoms with Crippen LogP contribution in [0.3, 0.4) is 0 Å². The van der Waals surface area contributed by atoms with E-state index in [1.165, 1.54) is 0 Å². The Morgan fingerprint density at radius 3 is 2.64 bits per heavy atom. The minimum Gasteiger partial charge on any atom is -0.341 e. The lowest BCUT2D eigenvalue weighted by Gasteiger charge is -2.33. The highest BCUT2D eigenvalue weighted by molar-refractivity contribution is 6.20. The first kappa shape index (κ1) is 8.85. The van der Waals surface area contributed by atoms with Gasteiger partial charge in [-0.2, -0.15) is 0 Å². The largest absolute Gasteiger partial charge is 0.341 e. The zero-order valence-electron chi connectivity index (χ0n) is 7.01. The number of carbonyl (C=O) groups excluding carboxylic acids is 1. The lowest BCUT2D eigenvalue weighted by Crippen LogP contribution is -2.42. The van der Waals surface area contributed by atoms with Gasteiger partial charge in [0, 0.05) is 20.0 Å². The Morgan fingerprint density at radius 2 is 2.18 bits per heavy atom. The standard InChI is InChI=1S/C8H14ClNO/c1-6-3-8(9)5-10(4-6)7(2)11/h6,8H,3-5H2,1-2H3. The van der Waals surface area contributed by atoms with Crippen molar-refractivity contribution >= 4 is 17.5 Å². The molecule has 3 heteroatoms. The third-order valence-corrected chi connectivity index (χ3v) is 2.37. The zero-order chi connectivity index (χ0) is 8.43. The molecular formula is C8H14ClNO. The molecule has 2 unspecified atom stereocenters. The van der Waals surface area contributed by atoms with E-state index in [0.29, 0.717) is 5.92 Å². The highest BCUT2D eigenvalue weighted by Crippen LogP contribution is 2.19. The van der Waals surface area contributed by atoms with E-state index in [2.05, 4.69) is 6.92 Å². The Morgan fingerprint density at radius 1 is 1.55 bits per heavy atom. The average molecular weight is 176 g/mol. The van der Waals surface area contributed by atoms with Crippen LogP contribution in [0.2, 0.25) is 0 Å². The highest BCUT2D eigenvalue weighted by atomic mass is 35.5. The lowest BCUT2D eigenvalue weighted by atomic mass is 10.00. The van der Waals surface area contributed by atoms with Crippen LogP contribution in [0.5, 0.6) is 0 Å². The van der Waals surface area contributed by atoms with Crippen LogP contribution < -0.4 is 0 Å². The number of piperidine rings is 1. The Kier molecular flexibility index (Phi) is 2.77. The van der Waals surface area contributed by atoms with E-state index in [4.69, 9.17) is 11.6 Å². The number of alkyl halides is 1. The smallest absolute Gasteiger partial charge is 0.219 e. The number of amides is 1. The molecule has 1 aliphatic rings. The van der Waals surface area contributed by atoms with Crippen LogP contribution in [0.25, 0.3) is 0 Å². The van der Waals surface area contributed by atoms with Crippen LogP contribution in [0.15, 0.2) is 0 Å². The summed E-state index contributed by atoms with van der Waals surface area (Å²) in [6.07, 6.45) is 1.03. The molecule has 0 radical (unpaired) electrons. The van der Waals surface area contributed by atoms with E-state index >= 15 is 0 Å². The van der Waals surface area contributed by atoms with Crippen LogP contribution in [0.1, 0.15) is 20.3 Å². The molecule has 0 aromatic rings. The molecular weight excluding hydrogens is 162 g/mol. The number of carbonyl (C=O) groups is 1. The third-order valence-electron chi connectivity index (χ3n) is 2.05. The molecule has 0 bridgehead atoms. The van der Waals surface area contributed by atoms with Crippen molar-refractivity contribution in [2.24, 2.45) is 5.92 Å². The van der Waals surface area contributed by atoms with Gasteiger partial charge in [-0.15, -0.1) is 11.6 Å². The van der Waals surface area contributed by atoms with Crippen molar-refractivity contribution in [2.75, 3.05) is 13.1 Å². The van der Waals surface area contributed by atoms with Crippen LogP contribution in [-0.4, -0.2) is 29.3 Å². The number of hydrogen-bond acceptors (Lipinski definition) is 1. The maximum Gasteiger partial charge on any atom is 0.219 e. The van der Waals surface area contributed by atoms with Crippen LogP contribution >= 0.6 is 11.6 Å². The van der Waals surface area contributed by atoms with Gasteiger partial charge in [0.05, 0.1) is 5.38 Å². The maximum absolute atomic E-state index is 11.0. The topological polar surface area (TPSA) is 20.3 Å². The summed E-state index contributed by atoms with van der Waals surface area (Å²) >= 11 is 5.96. The van der Waals surface area contributed by atoms with Gasteiger partial charge in [0.1, 0.15) is 0 Å². The summed E-state index contributed by atoms with van der Waals surface area (Å²) in [5.74, 6) is 0.692. The molecule has 2 atom stereocenters. The lowest BCUT2D eigenvalue weighted by molar-refractivity contribution is -0.130. The van der Waals surface area contributed by atoms with Crippen molar-refractivity contribution in [3.8, 4) is 0 Å². The molecule has 1 amide bonds. The second kappa shape index (κ2) is 3.44. The second-order valence-corrected chi connectivity index (χ2v) is 3.98. The van der Waals surface area contributed by atoms with E-state index in [1.54, 1.807) is 6.92 Å². The molecule has 0 N–H and O–H groups in total. The molecule has 0 saturated carbocycles. The second-order valence-electron chi connectivity index (χ2n) is 3.36. The number of hydrogen-bond donors (Lipinski definition) is 0. The number of halogens is 1. The SMILES string of the molecule is CC(=O)N1CC(C)CC(Cl)C1. The normalized spacial score (nSPS) is 32.1. The van der Waals surface area contributed by atoms with Crippen molar-refractivity contribution in [2.45, 2.75) is 25.6 Å². The number of nitrogens with zero attached hydrogens (tertiary/aromatic N) is 1. The summed E-state index contributed by atoms with van der Waals surface area (Å²) < 4.78 is 0. The van der Waals surface area contributed by atoms with Gasteiger partial charge in [-0.3, -0.25) is 4.79 Å². The van der Waals surface area contributed by atoms with Crippen molar-refractivity contribution < 1.29 is 4.79 Å². The fraction of sp³-hybridized carbons (Fsp3) is 0.875. The zero-order valence-corrected chi connectivity index (χ0v) is 7.77. The molecule has 64 valence electrons. The first-order chi connectivity index (χ1) is 5.09. The molecule has 1 rings (SSSR count). The molecule has 1 heterocycles. The Labute approximate surface area is 72.5 Å². The fourth-order valence-electron chi connectivity index (χ4n) is 1.53. The van der Waals surface area contributed by atoms with Gasteiger partial charge < -0.3 is 4.90 Å². The minimum absolute atomic E-state index is 0.141. The van der Waals surface area contributed by atoms with E-state index in [9.17, 15) is 4.79 Å². The molecule has 0 spiro atoms. The highest BCUT2D eigenvalue weighted by Gasteiger charge is 2.24. The number of likely N-dealkylation sites (tertiary alicyclic amines) is 1. The minimum atomic E-state index is 0.141. The molecule has 11 heavy (non-hydrogen) atoms. The monoisotopic (exact) mass is 175 g/mol. The van der Waals surface area contributed by atoms with Gasteiger partial charge in [-0.25, -0.2) is 0 Å². The fourth-order valence-corrected chi connectivity index (χ4v) is 2.00. The first-order valence-electron chi connectivity index (χ1n) is 3.99. The van der Waals surface area contributed by atoms with Gasteiger partial charge in [0.25, 0.3) is 0 Å². The van der Waals surface area contributed by atoms with Crippen molar-refractivity contribution in [3.63, 3.8) is 0 Å².